The van der Waals surface area contributed by atoms with Crippen molar-refractivity contribution in [1.82, 2.24) is 0 Å². The molecule has 0 bridgehead atoms. The lowest BCUT2D eigenvalue weighted by atomic mass is 9.69. The first-order valence-corrected chi connectivity index (χ1v) is 11.0. The molecule has 1 fully saturated rings. The van der Waals surface area contributed by atoms with Crippen molar-refractivity contribution < 1.29 is 19.1 Å². The quantitative estimate of drug-likeness (QED) is 0.703. The van der Waals surface area contributed by atoms with Crippen LogP contribution in [0.25, 0.3) is 0 Å². The molecule has 4 rings (SSSR count). The molecule has 1 aliphatic heterocycles. The van der Waals surface area contributed by atoms with Crippen molar-refractivity contribution in [1.29, 1.82) is 0 Å². The molecule has 6 nitrogen and oxygen atoms in total. The second-order valence-electron chi connectivity index (χ2n) is 8.00. The maximum absolute atomic E-state index is 13.6. The maximum Gasteiger partial charge on any atom is 0.254 e. The molecular weight excluding hydrogens is 404 g/mol. The Morgan fingerprint density at radius 3 is 2.53 bits per heavy atom. The number of Topliss-reactive ketones (excluding diaryl/α,β-unsaturated/α-hetero) is 1. The summed E-state index contributed by atoms with van der Waals surface area (Å²) < 4.78 is 11.3. The van der Waals surface area contributed by atoms with Gasteiger partial charge in [-0.25, -0.2) is 0 Å². The largest absolute Gasteiger partial charge is 0.495 e. The Hall–Kier alpha value is -3.41. The summed E-state index contributed by atoms with van der Waals surface area (Å²) >= 11 is 0. The van der Waals surface area contributed by atoms with Crippen LogP contribution in [0.5, 0.6) is 11.5 Å². The molecule has 0 aromatic heterocycles. The zero-order chi connectivity index (χ0) is 22.7. The molecule has 0 spiro atoms. The van der Waals surface area contributed by atoms with E-state index in [0.29, 0.717) is 41.5 Å². The van der Waals surface area contributed by atoms with E-state index in [0.717, 1.165) is 24.1 Å². The molecule has 6 heteroatoms. The highest BCUT2D eigenvalue weighted by atomic mass is 16.5. The van der Waals surface area contributed by atoms with Gasteiger partial charge in [0.15, 0.2) is 0 Å². The van der Waals surface area contributed by atoms with Gasteiger partial charge in [-0.15, -0.1) is 0 Å². The molecular formula is C26H28N2O4. The van der Waals surface area contributed by atoms with Gasteiger partial charge in [0, 0.05) is 34.9 Å². The fourth-order valence-corrected chi connectivity index (χ4v) is 4.71. The number of fused-ring (bicyclic) bond motifs is 1. The molecule has 0 saturated heterocycles. The number of nitrogens with zero attached hydrogens (tertiary/aromatic N) is 1. The standard InChI is InChI=1S/C26H28N2O4/c1-4-32-21-14-7-5-10-17(21)24-23(16(2)27-19-12-9-13-20(29)25(19)24)26(30)28-18-11-6-8-15-22(18)31-3/h5-8,10-11,14-15,24-25H,4,9,12-13H2,1-3H3,(H,28,30)/t24-,25?/m1/s1. The number of anilines is 1. The van der Waals surface area contributed by atoms with Crippen LogP contribution in [0.15, 0.2) is 64.8 Å². The van der Waals surface area contributed by atoms with Gasteiger partial charge < -0.3 is 14.8 Å². The zero-order valence-electron chi connectivity index (χ0n) is 18.7. The Labute approximate surface area is 188 Å². The van der Waals surface area contributed by atoms with Crippen molar-refractivity contribution in [3.8, 4) is 11.5 Å². The minimum Gasteiger partial charge on any atom is -0.495 e. The highest BCUT2D eigenvalue weighted by Gasteiger charge is 2.44. The Bertz CT molecular complexity index is 1100. The number of methoxy groups -OCH3 is 1. The number of para-hydroxylation sites is 3. The van der Waals surface area contributed by atoms with Gasteiger partial charge in [-0.2, -0.15) is 0 Å². The molecule has 1 amide bonds. The van der Waals surface area contributed by atoms with Gasteiger partial charge in [0.2, 0.25) is 0 Å². The monoisotopic (exact) mass is 432 g/mol. The van der Waals surface area contributed by atoms with E-state index in [1.807, 2.05) is 50.2 Å². The molecule has 1 unspecified atom stereocenters. The predicted octanol–water partition coefficient (Wildman–Crippen LogP) is 4.91. The molecule has 2 atom stereocenters. The van der Waals surface area contributed by atoms with E-state index >= 15 is 0 Å². The second kappa shape index (κ2) is 9.39. The summed E-state index contributed by atoms with van der Waals surface area (Å²) in [7, 11) is 1.56. The average Bonchev–Trinajstić information content (AvgIpc) is 2.79. The molecule has 32 heavy (non-hydrogen) atoms. The third-order valence-corrected chi connectivity index (χ3v) is 6.06. The molecule has 1 N–H and O–H groups in total. The highest BCUT2D eigenvalue weighted by molar-refractivity contribution is 6.14. The van der Waals surface area contributed by atoms with E-state index in [1.165, 1.54) is 0 Å². The first kappa shape index (κ1) is 21.8. The Morgan fingerprint density at radius 2 is 1.78 bits per heavy atom. The molecule has 2 aromatic rings. The van der Waals surface area contributed by atoms with Crippen molar-refractivity contribution in [3.05, 3.63) is 65.4 Å². The molecule has 2 aliphatic rings. The number of hydrogen-bond acceptors (Lipinski definition) is 5. The SMILES string of the molecule is CCOc1ccccc1[C@@H]1C(C(=O)Nc2ccccc2OC)=C(C)N=C2CCCC(=O)C21. The normalized spacial score (nSPS) is 20.3. The Morgan fingerprint density at radius 1 is 1.06 bits per heavy atom. The van der Waals surface area contributed by atoms with E-state index in [2.05, 4.69) is 5.32 Å². The molecule has 0 radical (unpaired) electrons. The lowest BCUT2D eigenvalue weighted by Crippen LogP contribution is -2.39. The number of carbonyl (C=O) groups is 2. The summed E-state index contributed by atoms with van der Waals surface area (Å²) in [6, 6.07) is 14.9. The minimum absolute atomic E-state index is 0.126. The predicted molar refractivity (Wildman–Crippen MR) is 124 cm³/mol. The molecule has 166 valence electrons. The van der Waals surface area contributed by atoms with Crippen molar-refractivity contribution in [2.24, 2.45) is 10.9 Å². The summed E-state index contributed by atoms with van der Waals surface area (Å²) in [6.45, 7) is 4.26. The summed E-state index contributed by atoms with van der Waals surface area (Å²) in [5, 5.41) is 2.98. The summed E-state index contributed by atoms with van der Waals surface area (Å²) in [5.74, 6) is 0.195. The van der Waals surface area contributed by atoms with Crippen LogP contribution in [0.4, 0.5) is 5.69 Å². The fourth-order valence-electron chi connectivity index (χ4n) is 4.71. The first-order chi connectivity index (χ1) is 15.5. The topological polar surface area (TPSA) is 77.0 Å². The number of hydrogen-bond donors (Lipinski definition) is 1. The number of benzene rings is 2. The van der Waals surface area contributed by atoms with Crippen molar-refractivity contribution in [3.63, 3.8) is 0 Å². The van der Waals surface area contributed by atoms with Gasteiger partial charge in [-0.1, -0.05) is 30.3 Å². The van der Waals surface area contributed by atoms with Gasteiger partial charge in [0.1, 0.15) is 17.3 Å². The van der Waals surface area contributed by atoms with Crippen molar-refractivity contribution >= 4 is 23.1 Å². The molecule has 2 aromatic carbocycles. The smallest absolute Gasteiger partial charge is 0.254 e. The third-order valence-electron chi connectivity index (χ3n) is 6.06. The number of rotatable bonds is 6. The summed E-state index contributed by atoms with van der Waals surface area (Å²) in [4.78, 5) is 31.5. The molecule has 1 aliphatic carbocycles. The number of ether oxygens (including phenoxy) is 2. The fraction of sp³-hybridized carbons (Fsp3) is 0.346. The highest BCUT2D eigenvalue weighted by Crippen LogP contribution is 2.45. The van der Waals surface area contributed by atoms with Crippen LogP contribution in [0.3, 0.4) is 0 Å². The van der Waals surface area contributed by atoms with Gasteiger partial charge in [0.05, 0.1) is 25.3 Å². The number of allylic oxidation sites excluding steroid dienone is 1. The molecule has 1 heterocycles. The Balaban J connectivity index is 1.83. The average molecular weight is 433 g/mol. The lowest BCUT2D eigenvalue weighted by Gasteiger charge is -2.36. The number of aliphatic imine (C=N–C) groups is 1. The van der Waals surface area contributed by atoms with E-state index in [-0.39, 0.29) is 11.7 Å². The van der Waals surface area contributed by atoms with Gasteiger partial charge in [-0.05, 0) is 44.9 Å². The number of carbonyl (C=O) groups excluding carboxylic acids is 2. The third kappa shape index (κ3) is 4.05. The maximum atomic E-state index is 13.6. The number of amides is 1. The van der Waals surface area contributed by atoms with Crippen LogP contribution in [0, 0.1) is 5.92 Å². The van der Waals surface area contributed by atoms with E-state index in [9.17, 15) is 9.59 Å². The van der Waals surface area contributed by atoms with E-state index < -0.39 is 11.8 Å². The van der Waals surface area contributed by atoms with E-state index in [4.69, 9.17) is 14.5 Å². The molecule has 1 saturated carbocycles. The van der Waals surface area contributed by atoms with Crippen LogP contribution in [0.1, 0.15) is 44.6 Å². The second-order valence-corrected chi connectivity index (χ2v) is 8.00. The number of ketones is 1. The van der Waals surface area contributed by atoms with Crippen LogP contribution < -0.4 is 14.8 Å². The van der Waals surface area contributed by atoms with Gasteiger partial charge in [-0.3, -0.25) is 14.6 Å². The number of nitrogens with one attached hydrogen (secondary N) is 1. The van der Waals surface area contributed by atoms with Crippen LogP contribution in [-0.4, -0.2) is 31.1 Å². The van der Waals surface area contributed by atoms with Crippen LogP contribution in [0.2, 0.25) is 0 Å². The first-order valence-electron chi connectivity index (χ1n) is 11.0. The zero-order valence-corrected chi connectivity index (χ0v) is 18.7. The van der Waals surface area contributed by atoms with Gasteiger partial charge >= 0.3 is 0 Å². The van der Waals surface area contributed by atoms with Crippen molar-refractivity contribution in [2.75, 3.05) is 19.0 Å². The van der Waals surface area contributed by atoms with E-state index in [1.54, 1.807) is 19.2 Å². The summed E-state index contributed by atoms with van der Waals surface area (Å²) in [6.07, 6.45) is 2.06. The van der Waals surface area contributed by atoms with Gasteiger partial charge in [0.25, 0.3) is 5.91 Å². The van der Waals surface area contributed by atoms with Crippen molar-refractivity contribution in [2.45, 2.75) is 39.0 Å². The lowest BCUT2D eigenvalue weighted by molar-refractivity contribution is -0.122. The van der Waals surface area contributed by atoms with Crippen LogP contribution >= 0.6 is 0 Å². The summed E-state index contributed by atoms with van der Waals surface area (Å²) in [5.41, 5.74) is 3.40. The van der Waals surface area contributed by atoms with Crippen LogP contribution in [-0.2, 0) is 9.59 Å². The Kier molecular flexibility index (Phi) is 6.40. The minimum atomic E-state index is -0.451.